The van der Waals surface area contributed by atoms with E-state index in [1.54, 1.807) is 20.8 Å². The number of hydrogen-bond acceptors (Lipinski definition) is 3. The van der Waals surface area contributed by atoms with Crippen molar-refractivity contribution in [2.45, 2.75) is 38.9 Å². The molecule has 0 aromatic rings. The van der Waals surface area contributed by atoms with Crippen molar-refractivity contribution < 1.29 is 10.2 Å². The molecule has 3 nitrogen and oxygen atoms in total. The highest BCUT2D eigenvalue weighted by atomic mass is 16.3. The van der Waals surface area contributed by atoms with Gasteiger partial charge in [0.1, 0.15) is 0 Å². The fourth-order valence-corrected chi connectivity index (χ4v) is 1.01. The van der Waals surface area contributed by atoms with Crippen LogP contribution in [0.15, 0.2) is 0 Å². The summed E-state index contributed by atoms with van der Waals surface area (Å²) < 4.78 is 0. The monoisotopic (exact) mass is 175 g/mol. The average molecular weight is 175 g/mol. The van der Waals surface area contributed by atoms with Gasteiger partial charge in [0.05, 0.1) is 11.7 Å². The summed E-state index contributed by atoms with van der Waals surface area (Å²) in [6.07, 6.45) is 0.438. The maximum atomic E-state index is 9.41. The molecule has 0 amide bonds. The Bertz CT molecular complexity index is 118. The average Bonchev–Trinajstić information content (AvgIpc) is 1.80. The van der Waals surface area contributed by atoms with Crippen LogP contribution in [0.25, 0.3) is 0 Å². The van der Waals surface area contributed by atoms with Crippen molar-refractivity contribution in [1.82, 2.24) is 4.90 Å². The molecule has 0 saturated heterocycles. The standard InChI is InChI=1S/C9H21NO2/c1-8(11)7-10(4)6-5-9(2,3)12/h8,11-12H,5-7H2,1-4H3. The normalized spacial score (nSPS) is 15.2. The molecule has 0 aliphatic carbocycles. The van der Waals surface area contributed by atoms with Gasteiger partial charge >= 0.3 is 0 Å². The van der Waals surface area contributed by atoms with Gasteiger partial charge in [-0.3, -0.25) is 0 Å². The fourth-order valence-electron chi connectivity index (χ4n) is 1.01. The van der Waals surface area contributed by atoms with Crippen molar-refractivity contribution in [2.24, 2.45) is 0 Å². The summed E-state index contributed by atoms with van der Waals surface area (Å²) in [7, 11) is 1.94. The molecule has 74 valence electrons. The molecule has 0 aromatic carbocycles. The molecule has 0 saturated carbocycles. The summed E-state index contributed by atoms with van der Waals surface area (Å²) in [6, 6.07) is 0. The van der Waals surface area contributed by atoms with Crippen molar-refractivity contribution in [2.75, 3.05) is 20.1 Å². The summed E-state index contributed by atoms with van der Waals surface area (Å²) >= 11 is 0. The van der Waals surface area contributed by atoms with Crippen LogP contribution in [-0.2, 0) is 0 Å². The number of hydrogen-bond donors (Lipinski definition) is 2. The highest BCUT2D eigenvalue weighted by molar-refractivity contribution is 4.67. The smallest absolute Gasteiger partial charge is 0.0638 e. The molecular formula is C9H21NO2. The van der Waals surface area contributed by atoms with E-state index in [0.29, 0.717) is 6.54 Å². The van der Waals surface area contributed by atoms with Crippen molar-refractivity contribution in [1.29, 1.82) is 0 Å². The van der Waals surface area contributed by atoms with E-state index in [-0.39, 0.29) is 6.10 Å². The molecular weight excluding hydrogens is 154 g/mol. The Hall–Kier alpha value is -0.120. The van der Waals surface area contributed by atoms with Gasteiger partial charge in [-0.05, 0) is 34.2 Å². The van der Waals surface area contributed by atoms with Gasteiger partial charge in [-0.1, -0.05) is 0 Å². The first-order chi connectivity index (χ1) is 5.31. The zero-order valence-electron chi connectivity index (χ0n) is 8.54. The van der Waals surface area contributed by atoms with Gasteiger partial charge in [-0.2, -0.15) is 0 Å². The third-order valence-electron chi connectivity index (χ3n) is 1.68. The minimum atomic E-state index is -0.604. The number of nitrogens with zero attached hydrogens (tertiary/aromatic N) is 1. The number of likely N-dealkylation sites (N-methyl/N-ethyl adjacent to an activating group) is 1. The second-order valence-corrected chi connectivity index (χ2v) is 4.17. The zero-order chi connectivity index (χ0) is 9.78. The molecule has 0 heterocycles. The summed E-state index contributed by atoms with van der Waals surface area (Å²) in [5.74, 6) is 0. The van der Waals surface area contributed by atoms with Crippen LogP contribution in [0.2, 0.25) is 0 Å². The van der Waals surface area contributed by atoms with Gasteiger partial charge in [0, 0.05) is 13.1 Å². The molecule has 0 aromatic heterocycles. The maximum Gasteiger partial charge on any atom is 0.0638 e. The van der Waals surface area contributed by atoms with E-state index in [2.05, 4.69) is 0 Å². The van der Waals surface area contributed by atoms with Gasteiger partial charge in [0.15, 0.2) is 0 Å². The SMILES string of the molecule is CC(O)CN(C)CCC(C)(C)O. The Morgan fingerprint density at radius 3 is 2.25 bits per heavy atom. The Labute approximate surface area is 75.0 Å². The Kier molecular flexibility index (Phi) is 4.75. The van der Waals surface area contributed by atoms with E-state index in [1.165, 1.54) is 0 Å². The zero-order valence-corrected chi connectivity index (χ0v) is 8.54. The largest absolute Gasteiger partial charge is 0.392 e. The predicted octanol–water partition coefficient (Wildman–Crippen LogP) is 0.460. The maximum absolute atomic E-state index is 9.41. The fraction of sp³-hybridized carbons (Fsp3) is 1.00. The van der Waals surface area contributed by atoms with Crippen molar-refractivity contribution in [3.63, 3.8) is 0 Å². The number of aliphatic hydroxyl groups excluding tert-OH is 1. The lowest BCUT2D eigenvalue weighted by Crippen LogP contribution is -2.32. The molecule has 1 atom stereocenters. The second kappa shape index (κ2) is 4.80. The first kappa shape index (κ1) is 11.9. The first-order valence-electron chi connectivity index (χ1n) is 4.40. The van der Waals surface area contributed by atoms with Crippen LogP contribution in [0.1, 0.15) is 27.2 Å². The Morgan fingerprint density at radius 2 is 1.92 bits per heavy atom. The van der Waals surface area contributed by atoms with Crippen LogP contribution in [0.5, 0.6) is 0 Å². The second-order valence-electron chi connectivity index (χ2n) is 4.17. The number of rotatable bonds is 5. The van der Waals surface area contributed by atoms with Gasteiger partial charge < -0.3 is 15.1 Å². The molecule has 0 aliphatic heterocycles. The molecule has 2 N–H and O–H groups in total. The van der Waals surface area contributed by atoms with Crippen LogP contribution in [0.4, 0.5) is 0 Å². The van der Waals surface area contributed by atoms with E-state index in [9.17, 15) is 5.11 Å². The van der Waals surface area contributed by atoms with Crippen molar-refractivity contribution in [3.05, 3.63) is 0 Å². The molecule has 0 bridgehead atoms. The minimum Gasteiger partial charge on any atom is -0.392 e. The third kappa shape index (κ3) is 7.98. The first-order valence-corrected chi connectivity index (χ1v) is 4.40. The molecule has 0 fully saturated rings. The predicted molar refractivity (Wildman–Crippen MR) is 50.1 cm³/mol. The summed E-state index contributed by atoms with van der Waals surface area (Å²) in [4.78, 5) is 2.02. The minimum absolute atomic E-state index is 0.295. The molecule has 1 unspecified atom stereocenters. The Balaban J connectivity index is 3.51. The van der Waals surface area contributed by atoms with E-state index in [0.717, 1.165) is 13.0 Å². The van der Waals surface area contributed by atoms with Crippen LogP contribution in [-0.4, -0.2) is 47.0 Å². The lowest BCUT2D eigenvalue weighted by molar-refractivity contribution is 0.0541. The molecule has 0 aliphatic rings. The van der Waals surface area contributed by atoms with Crippen LogP contribution < -0.4 is 0 Å². The van der Waals surface area contributed by atoms with E-state index in [4.69, 9.17) is 5.11 Å². The summed E-state index contributed by atoms with van der Waals surface area (Å²) in [5, 5.41) is 18.5. The van der Waals surface area contributed by atoms with Crippen LogP contribution in [0.3, 0.4) is 0 Å². The molecule has 0 spiro atoms. The molecule has 0 radical (unpaired) electrons. The molecule has 12 heavy (non-hydrogen) atoms. The Morgan fingerprint density at radius 1 is 1.42 bits per heavy atom. The quantitative estimate of drug-likeness (QED) is 0.638. The van der Waals surface area contributed by atoms with E-state index in [1.807, 2.05) is 11.9 Å². The molecule has 3 heteroatoms. The lowest BCUT2D eigenvalue weighted by atomic mass is 10.1. The van der Waals surface area contributed by atoms with Crippen molar-refractivity contribution >= 4 is 0 Å². The van der Waals surface area contributed by atoms with Crippen LogP contribution in [0, 0.1) is 0 Å². The molecule has 0 rings (SSSR count). The van der Waals surface area contributed by atoms with E-state index >= 15 is 0 Å². The van der Waals surface area contributed by atoms with Crippen molar-refractivity contribution in [3.8, 4) is 0 Å². The highest BCUT2D eigenvalue weighted by Crippen LogP contribution is 2.07. The lowest BCUT2D eigenvalue weighted by Gasteiger charge is -2.23. The number of aliphatic hydroxyl groups is 2. The van der Waals surface area contributed by atoms with Gasteiger partial charge in [-0.15, -0.1) is 0 Å². The van der Waals surface area contributed by atoms with Gasteiger partial charge in [0.25, 0.3) is 0 Å². The topological polar surface area (TPSA) is 43.7 Å². The third-order valence-corrected chi connectivity index (χ3v) is 1.68. The van der Waals surface area contributed by atoms with Crippen LogP contribution >= 0.6 is 0 Å². The summed E-state index contributed by atoms with van der Waals surface area (Å²) in [5.41, 5.74) is -0.604. The van der Waals surface area contributed by atoms with Gasteiger partial charge in [-0.25, -0.2) is 0 Å². The summed E-state index contributed by atoms with van der Waals surface area (Å²) in [6.45, 7) is 6.83. The van der Waals surface area contributed by atoms with Gasteiger partial charge in [0.2, 0.25) is 0 Å². The van der Waals surface area contributed by atoms with E-state index < -0.39 is 5.60 Å². The highest BCUT2D eigenvalue weighted by Gasteiger charge is 2.13.